The van der Waals surface area contributed by atoms with Gasteiger partial charge in [-0.3, -0.25) is 4.79 Å². The lowest BCUT2D eigenvalue weighted by molar-refractivity contribution is -0.117. The maximum absolute atomic E-state index is 11.8. The summed E-state index contributed by atoms with van der Waals surface area (Å²) in [5.74, 6) is -0.159. The number of carbonyl (C=O) groups excluding carboxylic acids is 1. The Bertz CT molecular complexity index is 757. The van der Waals surface area contributed by atoms with Crippen LogP contribution in [0.4, 0.5) is 17.2 Å². The third-order valence-electron chi connectivity index (χ3n) is 2.54. The Balaban J connectivity index is 2.20. The molecule has 0 unspecified atom stereocenters. The molecule has 0 aliphatic heterocycles. The first-order valence-corrected chi connectivity index (χ1v) is 7.48. The third kappa shape index (κ3) is 3.69. The molecule has 0 saturated heterocycles. The first-order valence-electron chi connectivity index (χ1n) is 5.99. The molecule has 1 aromatic carbocycles. The van der Waals surface area contributed by atoms with Gasteiger partial charge in [-0.2, -0.15) is 0 Å². The van der Waals surface area contributed by atoms with Crippen LogP contribution in [0.5, 0.6) is 0 Å². The van der Waals surface area contributed by atoms with E-state index in [1.807, 2.05) is 4.72 Å². The molecule has 0 saturated carbocycles. The van der Waals surface area contributed by atoms with Gasteiger partial charge in [0.2, 0.25) is 5.91 Å². The molecule has 0 bridgehead atoms. The molecular weight excluding hydrogens is 292 g/mol. The molecule has 0 spiro atoms. The molecule has 0 radical (unpaired) electrons. The number of pyridine rings is 1. The molecule has 0 aliphatic carbocycles. The van der Waals surface area contributed by atoms with Gasteiger partial charge in [-0.15, -0.1) is 0 Å². The molecular formula is C13H14N4O3S. The minimum atomic E-state index is -3.82. The van der Waals surface area contributed by atoms with Gasteiger partial charge in [0.05, 0.1) is 10.6 Å². The molecule has 1 heterocycles. The Morgan fingerprint density at radius 3 is 2.43 bits per heavy atom. The van der Waals surface area contributed by atoms with Gasteiger partial charge in [0.15, 0.2) is 5.82 Å². The number of nitrogen functional groups attached to an aromatic ring is 1. The van der Waals surface area contributed by atoms with E-state index in [0.29, 0.717) is 17.2 Å². The van der Waals surface area contributed by atoms with E-state index < -0.39 is 15.9 Å². The lowest BCUT2D eigenvalue weighted by atomic mass is 10.3. The van der Waals surface area contributed by atoms with Crippen LogP contribution in [-0.4, -0.2) is 19.3 Å². The first-order chi connectivity index (χ1) is 9.88. The molecule has 2 rings (SSSR count). The van der Waals surface area contributed by atoms with Crippen LogP contribution in [0.1, 0.15) is 6.92 Å². The fraction of sp³-hybridized carbons (Fsp3) is 0.0769. The summed E-state index contributed by atoms with van der Waals surface area (Å²) < 4.78 is 25.5. The molecule has 0 atom stereocenters. The Morgan fingerprint density at radius 2 is 1.86 bits per heavy atom. The zero-order valence-electron chi connectivity index (χ0n) is 11.2. The first kappa shape index (κ1) is 14.8. The van der Waals surface area contributed by atoms with E-state index in [1.165, 1.54) is 12.1 Å². The molecule has 21 heavy (non-hydrogen) atoms. The van der Waals surface area contributed by atoms with E-state index in [2.05, 4.69) is 10.3 Å². The van der Waals surface area contributed by atoms with Crippen LogP contribution in [0.15, 0.2) is 47.5 Å². The number of nitrogens with one attached hydrogen (secondary N) is 2. The van der Waals surface area contributed by atoms with E-state index in [-0.39, 0.29) is 4.90 Å². The molecule has 110 valence electrons. The maximum atomic E-state index is 11.8. The van der Waals surface area contributed by atoms with E-state index in [9.17, 15) is 13.2 Å². The van der Waals surface area contributed by atoms with Crippen LogP contribution >= 0.6 is 0 Å². The second kappa shape index (κ2) is 5.80. The average Bonchev–Trinajstić information content (AvgIpc) is 2.40. The Kier molecular flexibility index (Phi) is 4.08. The van der Waals surface area contributed by atoms with E-state index in [4.69, 9.17) is 5.73 Å². The number of nitrogens with zero attached hydrogens (tertiary/aromatic N) is 1. The molecule has 7 nitrogen and oxygen atoms in total. The standard InChI is InChI=1S/C13H14N4O3S/c1-9(18)17-21(19,20)11-6-4-10(5-7-11)16-13-12(14)3-2-8-15-13/h2-8H,14H2,1H3,(H,15,16)(H,17,18). The lowest BCUT2D eigenvalue weighted by Crippen LogP contribution is -2.28. The van der Waals surface area contributed by atoms with Gasteiger partial charge in [0, 0.05) is 18.8 Å². The van der Waals surface area contributed by atoms with Crippen LogP contribution in [0.25, 0.3) is 0 Å². The minimum absolute atomic E-state index is 0.00255. The minimum Gasteiger partial charge on any atom is -0.396 e. The van der Waals surface area contributed by atoms with E-state index in [1.54, 1.807) is 30.5 Å². The second-order valence-electron chi connectivity index (χ2n) is 4.25. The quantitative estimate of drug-likeness (QED) is 0.783. The van der Waals surface area contributed by atoms with E-state index >= 15 is 0 Å². The summed E-state index contributed by atoms with van der Waals surface area (Å²) in [6.07, 6.45) is 1.59. The average molecular weight is 306 g/mol. The molecule has 0 fully saturated rings. The molecule has 2 aromatic rings. The van der Waals surface area contributed by atoms with Crippen LogP contribution in [0.3, 0.4) is 0 Å². The Labute approximate surface area is 122 Å². The smallest absolute Gasteiger partial charge is 0.264 e. The summed E-state index contributed by atoms with van der Waals surface area (Å²) in [6, 6.07) is 9.29. The Hall–Kier alpha value is -2.61. The lowest BCUT2D eigenvalue weighted by Gasteiger charge is -2.09. The topological polar surface area (TPSA) is 114 Å². The van der Waals surface area contributed by atoms with Gasteiger partial charge in [0.25, 0.3) is 10.0 Å². The summed E-state index contributed by atoms with van der Waals surface area (Å²) in [5, 5.41) is 2.97. The van der Waals surface area contributed by atoms with Crippen molar-refractivity contribution < 1.29 is 13.2 Å². The fourth-order valence-corrected chi connectivity index (χ4v) is 2.62. The molecule has 1 aromatic heterocycles. The summed E-state index contributed by atoms with van der Waals surface area (Å²) in [6.45, 7) is 1.14. The Morgan fingerprint density at radius 1 is 1.19 bits per heavy atom. The van der Waals surface area contributed by atoms with Gasteiger partial charge >= 0.3 is 0 Å². The van der Waals surface area contributed by atoms with Gasteiger partial charge < -0.3 is 11.1 Å². The number of nitrogens with two attached hydrogens (primary N) is 1. The van der Waals surface area contributed by atoms with Gasteiger partial charge in [-0.25, -0.2) is 18.1 Å². The molecule has 8 heteroatoms. The third-order valence-corrected chi connectivity index (χ3v) is 3.99. The highest BCUT2D eigenvalue weighted by Gasteiger charge is 2.15. The summed E-state index contributed by atoms with van der Waals surface area (Å²) in [7, 11) is -3.82. The van der Waals surface area contributed by atoms with Crippen molar-refractivity contribution in [3.05, 3.63) is 42.6 Å². The number of aromatic nitrogens is 1. The summed E-state index contributed by atoms with van der Waals surface area (Å²) >= 11 is 0. The number of rotatable bonds is 4. The highest BCUT2D eigenvalue weighted by Crippen LogP contribution is 2.21. The summed E-state index contributed by atoms with van der Waals surface area (Å²) in [4.78, 5) is 14.9. The van der Waals surface area contributed by atoms with Crippen LogP contribution < -0.4 is 15.8 Å². The van der Waals surface area contributed by atoms with Crippen LogP contribution in [0, 0.1) is 0 Å². The predicted molar refractivity (Wildman–Crippen MR) is 79.4 cm³/mol. The van der Waals surface area contributed by atoms with Crippen molar-refractivity contribution >= 4 is 33.1 Å². The highest BCUT2D eigenvalue weighted by atomic mass is 32.2. The molecule has 0 aliphatic rings. The number of sulfonamides is 1. The predicted octanol–water partition coefficient (Wildman–Crippen LogP) is 1.23. The molecule has 4 N–H and O–H groups in total. The zero-order chi connectivity index (χ0) is 15.5. The van der Waals surface area contributed by atoms with Crippen molar-refractivity contribution in [1.29, 1.82) is 0 Å². The SMILES string of the molecule is CC(=O)NS(=O)(=O)c1ccc(Nc2ncccc2N)cc1. The fourth-order valence-electron chi connectivity index (χ4n) is 1.62. The molecule has 1 amide bonds. The maximum Gasteiger partial charge on any atom is 0.264 e. The van der Waals surface area contributed by atoms with Crippen molar-refractivity contribution in [3.63, 3.8) is 0 Å². The van der Waals surface area contributed by atoms with E-state index in [0.717, 1.165) is 6.92 Å². The normalized spacial score (nSPS) is 10.9. The largest absolute Gasteiger partial charge is 0.396 e. The van der Waals surface area contributed by atoms with Crippen LogP contribution in [0.2, 0.25) is 0 Å². The van der Waals surface area contributed by atoms with Crippen molar-refractivity contribution in [2.75, 3.05) is 11.1 Å². The second-order valence-corrected chi connectivity index (χ2v) is 5.93. The number of hydrogen-bond donors (Lipinski definition) is 3. The monoisotopic (exact) mass is 306 g/mol. The van der Waals surface area contributed by atoms with Crippen molar-refractivity contribution in [3.8, 4) is 0 Å². The number of anilines is 3. The van der Waals surface area contributed by atoms with Crippen molar-refractivity contribution in [2.24, 2.45) is 0 Å². The van der Waals surface area contributed by atoms with Crippen molar-refractivity contribution in [2.45, 2.75) is 11.8 Å². The number of amides is 1. The van der Waals surface area contributed by atoms with Gasteiger partial charge in [0.1, 0.15) is 0 Å². The number of carbonyl (C=O) groups is 1. The number of benzene rings is 1. The van der Waals surface area contributed by atoms with Gasteiger partial charge in [-0.1, -0.05) is 0 Å². The van der Waals surface area contributed by atoms with Gasteiger partial charge in [-0.05, 0) is 36.4 Å². The van der Waals surface area contributed by atoms with Crippen molar-refractivity contribution in [1.82, 2.24) is 9.71 Å². The zero-order valence-corrected chi connectivity index (χ0v) is 12.0. The number of hydrogen-bond acceptors (Lipinski definition) is 6. The van der Waals surface area contributed by atoms with Crippen LogP contribution in [-0.2, 0) is 14.8 Å². The highest BCUT2D eigenvalue weighted by molar-refractivity contribution is 7.90. The summed E-state index contributed by atoms with van der Waals surface area (Å²) in [5.41, 5.74) is 6.86.